The number of rotatable bonds is 4. The number of unbranched alkanes of at least 4 members (excludes halogenated alkanes) is 3. The van der Waals surface area contributed by atoms with E-state index in [2.05, 4.69) is 18.6 Å². The van der Waals surface area contributed by atoms with Crippen LogP contribution >= 0.6 is 0 Å². The molecule has 0 amide bonds. The third kappa shape index (κ3) is 71.2. The van der Waals surface area contributed by atoms with Crippen LogP contribution in [0.2, 0.25) is 0 Å². The molecule has 0 aliphatic rings. The van der Waals surface area contributed by atoms with Gasteiger partial charge in [0.25, 0.3) is 0 Å². The van der Waals surface area contributed by atoms with E-state index < -0.39 is 0 Å². The molecule has 0 bridgehead atoms. The summed E-state index contributed by atoms with van der Waals surface area (Å²) >= 11 is 0. The van der Waals surface area contributed by atoms with Crippen LogP contribution in [0.4, 0.5) is 0 Å². The van der Waals surface area contributed by atoms with Gasteiger partial charge in [-0.3, -0.25) is 4.79 Å². The molecule has 142 valence electrons. The fourth-order valence-corrected chi connectivity index (χ4v) is 1.09. The Labute approximate surface area is 149 Å². The minimum Gasteiger partial charge on any atom is -0.466 e. The van der Waals surface area contributed by atoms with Gasteiger partial charge in [0, 0.05) is 14.0 Å². The first-order chi connectivity index (χ1) is 11.4. The number of carbonyl (C=O) groups excluding carboxylic acids is 2. The molecule has 0 unspecified atom stereocenters. The highest BCUT2D eigenvalue weighted by Gasteiger charge is 1.81. The quantitative estimate of drug-likeness (QED) is 0.614. The number of ether oxygens (including phenoxy) is 1. The number of benzene rings is 1. The summed E-state index contributed by atoms with van der Waals surface area (Å²) in [5.41, 5.74) is 0. The van der Waals surface area contributed by atoms with Crippen molar-refractivity contribution < 1.29 is 19.4 Å². The zero-order valence-electron chi connectivity index (χ0n) is 16.7. The third-order valence-corrected chi connectivity index (χ3v) is 1.97. The van der Waals surface area contributed by atoms with Crippen LogP contribution in [0.3, 0.4) is 0 Å². The first-order valence-corrected chi connectivity index (χ1v) is 8.47. The van der Waals surface area contributed by atoms with Gasteiger partial charge in [0.1, 0.15) is 5.78 Å². The summed E-state index contributed by atoms with van der Waals surface area (Å²) in [6, 6.07) is 12.0. The van der Waals surface area contributed by atoms with Crippen LogP contribution in [0.15, 0.2) is 36.4 Å². The van der Waals surface area contributed by atoms with Crippen molar-refractivity contribution in [2.24, 2.45) is 0 Å². The third-order valence-electron chi connectivity index (χ3n) is 1.97. The molecule has 0 aliphatic heterocycles. The van der Waals surface area contributed by atoms with Crippen LogP contribution in [0, 0.1) is 0 Å². The summed E-state index contributed by atoms with van der Waals surface area (Å²) in [5.74, 6) is -0.0440. The molecule has 0 saturated heterocycles. The van der Waals surface area contributed by atoms with Crippen LogP contribution in [0.25, 0.3) is 0 Å². The second-order valence-electron chi connectivity index (χ2n) is 4.69. The van der Waals surface area contributed by atoms with Gasteiger partial charge in [-0.05, 0) is 20.8 Å². The molecule has 0 saturated carbocycles. The normalized spacial score (nSPS) is 7.50. The first kappa shape index (κ1) is 30.2. The molecule has 0 aliphatic carbocycles. The maximum atomic E-state index is 9.82. The van der Waals surface area contributed by atoms with E-state index in [1.54, 1.807) is 6.92 Å². The SMILES string of the molecule is CC(C)=O.CCCCCC.CCOC(C)=O.CO.c1ccccc1. The molecule has 4 nitrogen and oxygen atoms in total. The molecule has 0 fully saturated rings. The van der Waals surface area contributed by atoms with E-state index >= 15 is 0 Å². The Morgan fingerprint density at radius 2 is 1.00 bits per heavy atom. The molecule has 0 heterocycles. The number of Topliss-reactive ketones (excluding diaryl/α,β-unsaturated/α-hetero) is 1. The zero-order chi connectivity index (χ0) is 19.6. The number of aliphatic hydroxyl groups excluding tert-OH is 1. The van der Waals surface area contributed by atoms with Gasteiger partial charge in [0.2, 0.25) is 0 Å². The Balaban J connectivity index is -0.000000108. The van der Waals surface area contributed by atoms with Crippen molar-refractivity contribution in [2.45, 2.75) is 67.2 Å². The van der Waals surface area contributed by atoms with Gasteiger partial charge >= 0.3 is 5.97 Å². The monoisotopic (exact) mass is 342 g/mol. The lowest BCUT2D eigenvalue weighted by Gasteiger charge is -1.89. The molecule has 1 rings (SSSR count). The van der Waals surface area contributed by atoms with Gasteiger partial charge in [0.05, 0.1) is 6.61 Å². The van der Waals surface area contributed by atoms with E-state index in [4.69, 9.17) is 5.11 Å². The van der Waals surface area contributed by atoms with Crippen molar-refractivity contribution >= 4 is 11.8 Å². The minimum atomic E-state index is -0.211. The number of aliphatic hydroxyl groups is 1. The summed E-state index contributed by atoms with van der Waals surface area (Å²) in [5, 5.41) is 7.00. The topological polar surface area (TPSA) is 63.6 Å². The van der Waals surface area contributed by atoms with Crippen molar-refractivity contribution in [3.63, 3.8) is 0 Å². The first-order valence-electron chi connectivity index (χ1n) is 8.47. The van der Waals surface area contributed by atoms with Crippen LogP contribution in [0.5, 0.6) is 0 Å². The van der Waals surface area contributed by atoms with Crippen molar-refractivity contribution in [3.8, 4) is 0 Å². The predicted octanol–water partition coefficient (Wildman–Crippen LogP) is 5.05. The molecule has 1 aromatic carbocycles. The lowest BCUT2D eigenvalue weighted by Crippen LogP contribution is -1.95. The maximum absolute atomic E-state index is 9.82. The van der Waals surface area contributed by atoms with E-state index in [-0.39, 0.29) is 11.8 Å². The Bertz CT molecular complexity index is 289. The Morgan fingerprint density at radius 3 is 1.08 bits per heavy atom. The molecule has 0 atom stereocenters. The molecule has 1 N–H and O–H groups in total. The molecule has 0 radical (unpaired) electrons. The fourth-order valence-electron chi connectivity index (χ4n) is 1.09. The number of hydrogen-bond acceptors (Lipinski definition) is 4. The minimum absolute atomic E-state index is 0.167. The largest absolute Gasteiger partial charge is 0.466 e. The van der Waals surface area contributed by atoms with Crippen LogP contribution in [-0.2, 0) is 14.3 Å². The van der Waals surface area contributed by atoms with Gasteiger partial charge in [-0.25, -0.2) is 0 Å². The summed E-state index contributed by atoms with van der Waals surface area (Å²) in [6.45, 7) is 11.2. The smallest absolute Gasteiger partial charge is 0.302 e. The number of esters is 1. The highest BCUT2D eigenvalue weighted by molar-refractivity contribution is 5.72. The Morgan fingerprint density at radius 1 is 0.750 bits per heavy atom. The number of hydrogen-bond donors (Lipinski definition) is 1. The van der Waals surface area contributed by atoms with E-state index in [1.807, 2.05) is 36.4 Å². The van der Waals surface area contributed by atoms with Gasteiger partial charge in [-0.1, -0.05) is 75.9 Å². The van der Waals surface area contributed by atoms with Crippen molar-refractivity contribution in [2.75, 3.05) is 13.7 Å². The summed E-state index contributed by atoms with van der Waals surface area (Å²) in [6.07, 6.45) is 5.54. The van der Waals surface area contributed by atoms with Crippen molar-refractivity contribution in [1.82, 2.24) is 0 Å². The summed E-state index contributed by atoms with van der Waals surface area (Å²) in [7, 11) is 1.00. The Hall–Kier alpha value is -1.68. The standard InChI is InChI=1S/C6H6.C6H14.C4H8O2.C3H6O.CH4O/c1-2-4-6-5-3-1;1-3-5-6-4-2;1-3-6-4(2)5;1-3(2)4;1-2/h1-6H;3-6H2,1-2H3;3H2,1-2H3;1-2H3;2H,1H3. The van der Waals surface area contributed by atoms with Crippen LogP contribution in [-0.4, -0.2) is 30.6 Å². The van der Waals surface area contributed by atoms with Crippen molar-refractivity contribution in [3.05, 3.63) is 36.4 Å². The average molecular weight is 343 g/mol. The summed E-state index contributed by atoms with van der Waals surface area (Å²) in [4.78, 5) is 19.3. The average Bonchev–Trinajstić information content (AvgIpc) is 2.57. The fraction of sp³-hybridized carbons (Fsp3) is 0.600. The van der Waals surface area contributed by atoms with E-state index in [0.29, 0.717) is 6.61 Å². The molecule has 24 heavy (non-hydrogen) atoms. The van der Waals surface area contributed by atoms with E-state index in [0.717, 1.165) is 7.11 Å². The zero-order valence-corrected chi connectivity index (χ0v) is 16.7. The molecular weight excluding hydrogens is 304 g/mol. The Kier molecular flexibility index (Phi) is 41.6. The number of carbonyl (C=O) groups is 2. The second kappa shape index (κ2) is 33.1. The highest BCUT2D eigenvalue weighted by Crippen LogP contribution is 1.95. The lowest BCUT2D eigenvalue weighted by molar-refractivity contribution is -0.140. The van der Waals surface area contributed by atoms with E-state index in [1.165, 1.54) is 46.5 Å². The molecule has 0 spiro atoms. The predicted molar refractivity (Wildman–Crippen MR) is 103 cm³/mol. The van der Waals surface area contributed by atoms with Crippen molar-refractivity contribution in [1.29, 1.82) is 0 Å². The van der Waals surface area contributed by atoms with Gasteiger partial charge in [0.15, 0.2) is 0 Å². The second-order valence-corrected chi connectivity index (χ2v) is 4.69. The number of ketones is 1. The summed E-state index contributed by atoms with van der Waals surface area (Å²) < 4.78 is 4.40. The highest BCUT2D eigenvalue weighted by atomic mass is 16.5. The van der Waals surface area contributed by atoms with Gasteiger partial charge in [-0.2, -0.15) is 0 Å². The molecule has 1 aromatic rings. The van der Waals surface area contributed by atoms with Gasteiger partial charge in [-0.15, -0.1) is 0 Å². The molecule has 4 heteroatoms. The molecule has 0 aromatic heterocycles. The van der Waals surface area contributed by atoms with Gasteiger partial charge < -0.3 is 14.6 Å². The lowest BCUT2D eigenvalue weighted by atomic mass is 10.2. The maximum Gasteiger partial charge on any atom is 0.302 e. The molecular formula is C20H38O4. The van der Waals surface area contributed by atoms with E-state index in [9.17, 15) is 9.59 Å². The van der Waals surface area contributed by atoms with Crippen LogP contribution < -0.4 is 0 Å². The van der Waals surface area contributed by atoms with Crippen LogP contribution in [0.1, 0.15) is 67.2 Å².